The van der Waals surface area contributed by atoms with Crippen molar-refractivity contribution in [3.63, 3.8) is 0 Å². The molecule has 0 spiro atoms. The fraction of sp³-hybridized carbons (Fsp3) is 1.00. The lowest BCUT2D eigenvalue weighted by Gasteiger charge is -2.30. The number of likely N-dealkylation sites (N-methyl/N-ethyl adjacent to an activating group) is 1. The largest absolute Gasteiger partial charge is 0.315 e. The number of nitrogens with zero attached hydrogens (tertiary/aromatic N) is 1. The summed E-state index contributed by atoms with van der Waals surface area (Å²) in [7, 11) is 4.29. The molecule has 0 saturated carbocycles. The molecule has 0 aromatic rings. The van der Waals surface area contributed by atoms with Crippen molar-refractivity contribution in [1.29, 1.82) is 0 Å². The van der Waals surface area contributed by atoms with E-state index in [0.29, 0.717) is 5.54 Å². The van der Waals surface area contributed by atoms with E-state index in [-0.39, 0.29) is 0 Å². The van der Waals surface area contributed by atoms with Crippen molar-refractivity contribution in [1.82, 2.24) is 10.2 Å². The van der Waals surface area contributed by atoms with Crippen LogP contribution in [0.2, 0.25) is 0 Å². The Bertz CT molecular complexity index is 93.7. The highest BCUT2D eigenvalue weighted by Crippen LogP contribution is 2.18. The van der Waals surface area contributed by atoms with Crippen molar-refractivity contribution in [2.45, 2.75) is 32.7 Å². The van der Waals surface area contributed by atoms with E-state index < -0.39 is 0 Å². The van der Waals surface area contributed by atoms with Gasteiger partial charge >= 0.3 is 0 Å². The topological polar surface area (TPSA) is 15.3 Å². The van der Waals surface area contributed by atoms with Crippen LogP contribution in [0.25, 0.3) is 0 Å². The van der Waals surface area contributed by atoms with Crippen LogP contribution in [0.5, 0.6) is 0 Å². The lowest BCUT2D eigenvalue weighted by molar-refractivity contribution is 0.196. The van der Waals surface area contributed by atoms with Crippen molar-refractivity contribution >= 4 is 0 Å². The van der Waals surface area contributed by atoms with E-state index in [0.717, 1.165) is 6.54 Å². The Morgan fingerprint density at radius 1 is 1.27 bits per heavy atom. The third kappa shape index (κ3) is 2.80. The average molecular weight is 158 g/mol. The summed E-state index contributed by atoms with van der Waals surface area (Å²) in [6.45, 7) is 8.61. The molecule has 1 heterocycles. The molecule has 1 atom stereocenters. The van der Waals surface area contributed by atoms with Crippen LogP contribution < -0.4 is 5.32 Å². The zero-order valence-electron chi connectivity index (χ0n) is 8.57. The highest BCUT2D eigenvalue weighted by atomic mass is 15.2. The fourth-order valence-corrected chi connectivity index (χ4v) is 1.19. The third-order valence-electron chi connectivity index (χ3n) is 2.43. The summed E-state index contributed by atoms with van der Waals surface area (Å²) < 4.78 is 0. The van der Waals surface area contributed by atoms with E-state index in [2.05, 4.69) is 31.2 Å². The van der Waals surface area contributed by atoms with E-state index in [9.17, 15) is 0 Å². The van der Waals surface area contributed by atoms with Crippen LogP contribution in [0, 0.1) is 0 Å². The Labute approximate surface area is 71.0 Å². The van der Waals surface area contributed by atoms with E-state index in [1.807, 2.05) is 13.8 Å². The van der Waals surface area contributed by atoms with Crippen LogP contribution in [-0.2, 0) is 0 Å². The predicted molar refractivity (Wildman–Crippen MR) is 50.9 cm³/mol. The van der Waals surface area contributed by atoms with Crippen molar-refractivity contribution in [2.75, 3.05) is 27.2 Å². The zero-order chi connectivity index (χ0) is 8.91. The minimum absolute atomic E-state index is 0.417. The maximum absolute atomic E-state index is 3.35. The van der Waals surface area contributed by atoms with Gasteiger partial charge in [0.15, 0.2) is 0 Å². The molecule has 0 radical (unpaired) electrons. The molecule has 1 N–H and O–H groups in total. The monoisotopic (exact) mass is 158 g/mol. The SMILES string of the molecule is CC.CN(C)C1(C)CCNC1. The summed E-state index contributed by atoms with van der Waals surface area (Å²) in [6.07, 6.45) is 1.28. The van der Waals surface area contributed by atoms with E-state index >= 15 is 0 Å². The van der Waals surface area contributed by atoms with Gasteiger partial charge in [0.1, 0.15) is 0 Å². The molecule has 0 aromatic heterocycles. The first-order valence-electron chi connectivity index (χ1n) is 4.53. The zero-order valence-corrected chi connectivity index (χ0v) is 8.57. The Kier molecular flexibility index (Phi) is 4.69. The summed E-state index contributed by atoms with van der Waals surface area (Å²) in [6, 6.07) is 0. The molecule has 1 unspecified atom stereocenters. The molecular formula is C9H22N2. The molecule has 0 aromatic carbocycles. The quantitative estimate of drug-likeness (QED) is 0.619. The fourth-order valence-electron chi connectivity index (χ4n) is 1.19. The molecule has 11 heavy (non-hydrogen) atoms. The van der Waals surface area contributed by atoms with Crippen LogP contribution in [0.4, 0.5) is 0 Å². The Morgan fingerprint density at radius 2 is 1.82 bits per heavy atom. The minimum Gasteiger partial charge on any atom is -0.315 e. The molecule has 2 nitrogen and oxygen atoms in total. The third-order valence-corrected chi connectivity index (χ3v) is 2.43. The summed E-state index contributed by atoms with van der Waals surface area (Å²) in [4.78, 5) is 2.30. The second-order valence-electron chi connectivity index (χ2n) is 3.32. The number of hydrogen-bond acceptors (Lipinski definition) is 2. The Morgan fingerprint density at radius 3 is 2.00 bits per heavy atom. The van der Waals surface area contributed by atoms with Gasteiger partial charge in [-0.15, -0.1) is 0 Å². The van der Waals surface area contributed by atoms with E-state index in [1.165, 1.54) is 13.0 Å². The molecule has 2 heteroatoms. The van der Waals surface area contributed by atoms with Gasteiger partial charge in [-0.25, -0.2) is 0 Å². The van der Waals surface area contributed by atoms with E-state index in [1.54, 1.807) is 0 Å². The lowest BCUT2D eigenvalue weighted by Crippen LogP contribution is -2.42. The van der Waals surface area contributed by atoms with Crippen LogP contribution in [0.3, 0.4) is 0 Å². The van der Waals surface area contributed by atoms with Gasteiger partial charge in [-0.1, -0.05) is 13.8 Å². The molecule has 1 aliphatic heterocycles. The van der Waals surface area contributed by atoms with Crippen LogP contribution in [-0.4, -0.2) is 37.6 Å². The number of hydrogen-bond donors (Lipinski definition) is 1. The van der Waals surface area contributed by atoms with Gasteiger partial charge < -0.3 is 10.2 Å². The van der Waals surface area contributed by atoms with Crippen molar-refractivity contribution in [2.24, 2.45) is 0 Å². The second kappa shape index (κ2) is 4.73. The van der Waals surface area contributed by atoms with Crippen molar-refractivity contribution in [3.8, 4) is 0 Å². The normalized spacial score (nSPS) is 30.0. The van der Waals surface area contributed by atoms with Crippen molar-refractivity contribution in [3.05, 3.63) is 0 Å². The molecule has 0 aliphatic carbocycles. The smallest absolute Gasteiger partial charge is 0.0311 e. The highest BCUT2D eigenvalue weighted by Gasteiger charge is 2.29. The molecule has 1 fully saturated rings. The molecule has 0 amide bonds. The maximum atomic E-state index is 3.35. The second-order valence-corrected chi connectivity index (χ2v) is 3.32. The Balaban J connectivity index is 0.000000461. The summed E-state index contributed by atoms with van der Waals surface area (Å²) >= 11 is 0. The summed E-state index contributed by atoms with van der Waals surface area (Å²) in [5.41, 5.74) is 0.417. The molecule has 0 bridgehead atoms. The molecule has 68 valence electrons. The van der Waals surface area contributed by atoms with Gasteiger partial charge in [0.25, 0.3) is 0 Å². The number of rotatable bonds is 1. The van der Waals surface area contributed by atoms with Crippen LogP contribution >= 0.6 is 0 Å². The standard InChI is InChI=1S/C7H16N2.C2H6/c1-7(9(2)3)4-5-8-6-7;1-2/h8H,4-6H2,1-3H3;1-2H3. The molecule has 1 rings (SSSR count). The minimum atomic E-state index is 0.417. The Hall–Kier alpha value is -0.0800. The summed E-state index contributed by atoms with van der Waals surface area (Å²) in [5.74, 6) is 0. The predicted octanol–water partition coefficient (Wildman–Crippen LogP) is 1.33. The van der Waals surface area contributed by atoms with Gasteiger partial charge in [-0.05, 0) is 34.0 Å². The van der Waals surface area contributed by atoms with Crippen molar-refractivity contribution < 1.29 is 0 Å². The molecule has 1 saturated heterocycles. The van der Waals surface area contributed by atoms with Gasteiger partial charge in [-0.2, -0.15) is 0 Å². The first kappa shape index (κ1) is 10.9. The van der Waals surface area contributed by atoms with Gasteiger partial charge in [0, 0.05) is 12.1 Å². The molecule has 1 aliphatic rings. The first-order valence-corrected chi connectivity index (χ1v) is 4.53. The molecular weight excluding hydrogens is 136 g/mol. The maximum Gasteiger partial charge on any atom is 0.0311 e. The van der Waals surface area contributed by atoms with Gasteiger partial charge in [-0.3, -0.25) is 0 Å². The highest BCUT2D eigenvalue weighted by molar-refractivity contribution is 4.90. The lowest BCUT2D eigenvalue weighted by atomic mass is 10.0. The summed E-state index contributed by atoms with van der Waals surface area (Å²) in [5, 5.41) is 3.35. The van der Waals surface area contributed by atoms with Crippen LogP contribution in [0.15, 0.2) is 0 Å². The average Bonchev–Trinajstić information content (AvgIpc) is 2.42. The van der Waals surface area contributed by atoms with Gasteiger partial charge in [0.05, 0.1) is 0 Å². The van der Waals surface area contributed by atoms with Crippen LogP contribution in [0.1, 0.15) is 27.2 Å². The number of nitrogens with one attached hydrogen (secondary N) is 1. The van der Waals surface area contributed by atoms with E-state index in [4.69, 9.17) is 0 Å². The first-order chi connectivity index (χ1) is 5.15. The van der Waals surface area contributed by atoms with Gasteiger partial charge in [0.2, 0.25) is 0 Å².